The molecule has 1 amide bonds. The maximum atomic E-state index is 15.2. The van der Waals surface area contributed by atoms with Crippen LogP contribution in [0.15, 0.2) is 35.8 Å². The van der Waals surface area contributed by atoms with Crippen molar-refractivity contribution in [2.45, 2.75) is 39.0 Å². The third-order valence-electron chi connectivity index (χ3n) is 6.87. The van der Waals surface area contributed by atoms with Crippen molar-refractivity contribution in [2.75, 3.05) is 12.3 Å². The Morgan fingerprint density at radius 3 is 2.91 bits per heavy atom. The second-order valence-corrected chi connectivity index (χ2v) is 9.92. The van der Waals surface area contributed by atoms with Gasteiger partial charge < -0.3 is 15.4 Å². The minimum Gasteiger partial charge on any atom is -0.383 e. The quantitative estimate of drug-likeness (QED) is 0.442. The summed E-state index contributed by atoms with van der Waals surface area (Å²) in [6.45, 7) is 3.49. The smallest absolute Gasteiger partial charge is 0.257 e. The SMILES string of the molecule is C[C@@H]1CC[C@@H](c2ccc3ncsc3c2)N(C(=O)c2cc3c4c(c(N)nc3cc2F)COC4)C1. The fourth-order valence-electron chi connectivity index (χ4n) is 5.11. The number of hydrogen-bond acceptors (Lipinski definition) is 6. The molecule has 6 rings (SSSR count). The summed E-state index contributed by atoms with van der Waals surface area (Å²) in [6, 6.07) is 9.00. The molecule has 4 aromatic rings. The molecule has 2 aliphatic rings. The first kappa shape index (κ1) is 20.5. The number of rotatable bonds is 2. The first-order valence-electron chi connectivity index (χ1n) is 11.1. The van der Waals surface area contributed by atoms with Gasteiger partial charge >= 0.3 is 0 Å². The predicted octanol–water partition coefficient (Wildman–Crippen LogP) is 5.21. The van der Waals surface area contributed by atoms with Crippen LogP contribution in [0.2, 0.25) is 0 Å². The van der Waals surface area contributed by atoms with Gasteiger partial charge in [-0.25, -0.2) is 14.4 Å². The average molecular weight is 463 g/mol. The van der Waals surface area contributed by atoms with Crippen molar-refractivity contribution in [3.63, 3.8) is 0 Å². The Hall–Kier alpha value is -3.10. The normalized spacial score (nSPS) is 20.5. The van der Waals surface area contributed by atoms with Crippen molar-refractivity contribution in [1.29, 1.82) is 0 Å². The summed E-state index contributed by atoms with van der Waals surface area (Å²) in [7, 11) is 0. The summed E-state index contributed by atoms with van der Waals surface area (Å²) in [4.78, 5) is 24.3. The highest BCUT2D eigenvalue weighted by Crippen LogP contribution is 2.38. The summed E-state index contributed by atoms with van der Waals surface area (Å²) in [5.74, 6) is -0.162. The van der Waals surface area contributed by atoms with Crippen LogP contribution in [0.3, 0.4) is 0 Å². The number of nitrogens with zero attached hydrogens (tertiary/aromatic N) is 3. The Bertz CT molecular complexity index is 1420. The summed E-state index contributed by atoms with van der Waals surface area (Å²) in [6.07, 6.45) is 1.86. The number of hydrogen-bond donors (Lipinski definition) is 1. The summed E-state index contributed by atoms with van der Waals surface area (Å²) in [5, 5.41) is 0.731. The van der Waals surface area contributed by atoms with Crippen LogP contribution < -0.4 is 5.73 Å². The number of benzene rings is 2. The lowest BCUT2D eigenvalue weighted by Crippen LogP contribution is -2.42. The fourth-order valence-corrected chi connectivity index (χ4v) is 5.84. The van der Waals surface area contributed by atoms with Gasteiger partial charge in [0.1, 0.15) is 11.6 Å². The van der Waals surface area contributed by atoms with Gasteiger partial charge in [-0.15, -0.1) is 11.3 Å². The van der Waals surface area contributed by atoms with Crippen molar-refractivity contribution in [1.82, 2.24) is 14.9 Å². The van der Waals surface area contributed by atoms with Crippen LogP contribution in [-0.2, 0) is 18.0 Å². The molecule has 0 spiro atoms. The van der Waals surface area contributed by atoms with Crippen molar-refractivity contribution in [2.24, 2.45) is 5.92 Å². The van der Waals surface area contributed by atoms with Gasteiger partial charge in [0.05, 0.1) is 46.1 Å². The Morgan fingerprint density at radius 2 is 2.03 bits per heavy atom. The Labute approximate surface area is 194 Å². The number of aromatic nitrogens is 2. The number of ether oxygens (including phenoxy) is 1. The van der Waals surface area contributed by atoms with Crippen molar-refractivity contribution in [3.8, 4) is 0 Å². The molecule has 0 saturated carbocycles. The topological polar surface area (TPSA) is 81.3 Å². The van der Waals surface area contributed by atoms with Gasteiger partial charge in [0.2, 0.25) is 0 Å². The van der Waals surface area contributed by atoms with Gasteiger partial charge in [-0.3, -0.25) is 4.79 Å². The number of piperidine rings is 1. The van der Waals surface area contributed by atoms with E-state index in [-0.39, 0.29) is 17.5 Å². The molecular weight excluding hydrogens is 439 g/mol. The zero-order chi connectivity index (χ0) is 22.7. The van der Waals surface area contributed by atoms with Crippen LogP contribution >= 0.6 is 11.3 Å². The molecule has 2 atom stereocenters. The Kier molecular flexibility index (Phi) is 4.81. The molecule has 6 nitrogen and oxygen atoms in total. The van der Waals surface area contributed by atoms with E-state index in [2.05, 4.69) is 23.0 Å². The molecule has 33 heavy (non-hydrogen) atoms. The van der Waals surface area contributed by atoms with E-state index < -0.39 is 5.82 Å². The molecule has 8 heteroatoms. The highest BCUT2D eigenvalue weighted by atomic mass is 32.1. The molecule has 0 unspecified atom stereocenters. The fraction of sp³-hybridized carbons (Fsp3) is 0.320. The van der Waals surface area contributed by atoms with E-state index in [0.717, 1.165) is 45.1 Å². The van der Waals surface area contributed by atoms with E-state index in [0.29, 0.717) is 37.0 Å². The lowest BCUT2D eigenvalue weighted by atomic mass is 9.89. The molecule has 2 aromatic carbocycles. The highest BCUT2D eigenvalue weighted by Gasteiger charge is 2.33. The molecule has 2 aromatic heterocycles. The molecule has 0 radical (unpaired) electrons. The molecular formula is C25H23FN4O2S. The number of nitrogen functional groups attached to an aromatic ring is 1. The molecule has 168 valence electrons. The molecule has 1 fully saturated rings. The van der Waals surface area contributed by atoms with Crippen molar-refractivity contribution < 1.29 is 13.9 Å². The average Bonchev–Trinajstić information content (AvgIpc) is 3.48. The van der Waals surface area contributed by atoms with Gasteiger partial charge in [-0.1, -0.05) is 13.0 Å². The number of anilines is 1. The van der Waals surface area contributed by atoms with E-state index in [4.69, 9.17) is 10.5 Å². The lowest BCUT2D eigenvalue weighted by molar-refractivity contribution is 0.0540. The van der Waals surface area contributed by atoms with Crippen molar-refractivity contribution in [3.05, 3.63) is 63.9 Å². The van der Waals surface area contributed by atoms with Crippen LogP contribution in [0, 0.1) is 11.7 Å². The summed E-state index contributed by atoms with van der Waals surface area (Å²) < 4.78 is 21.9. The number of carbonyl (C=O) groups excluding carboxylic acids is 1. The maximum absolute atomic E-state index is 15.2. The summed E-state index contributed by atoms with van der Waals surface area (Å²) >= 11 is 1.58. The minimum absolute atomic E-state index is 0.0705. The number of fused-ring (bicyclic) bond motifs is 4. The maximum Gasteiger partial charge on any atom is 0.257 e. The van der Waals surface area contributed by atoms with E-state index in [9.17, 15) is 4.79 Å². The zero-order valence-electron chi connectivity index (χ0n) is 18.2. The van der Waals surface area contributed by atoms with Crippen LogP contribution in [0.5, 0.6) is 0 Å². The van der Waals surface area contributed by atoms with Crippen LogP contribution in [0.4, 0.5) is 10.2 Å². The first-order valence-corrected chi connectivity index (χ1v) is 12.0. The molecule has 2 N–H and O–H groups in total. The molecule has 2 aliphatic heterocycles. The third kappa shape index (κ3) is 3.36. The molecule has 0 aliphatic carbocycles. The van der Waals surface area contributed by atoms with Crippen LogP contribution in [0.1, 0.15) is 52.9 Å². The first-order chi connectivity index (χ1) is 16.0. The van der Waals surface area contributed by atoms with Crippen LogP contribution in [-0.4, -0.2) is 27.3 Å². The number of carbonyl (C=O) groups is 1. The third-order valence-corrected chi connectivity index (χ3v) is 7.66. The standard InChI is InChI=1S/C25H23FN4O2S/c1-13-2-5-22(14-3-4-20-23(6-14)33-12-28-20)30(9-13)25(31)16-7-15-17-10-32-11-18(17)24(27)29-21(15)8-19(16)26/h3-4,6-8,12-13,22H,2,5,9-11H2,1H3,(H2,27,29)/t13-,22+/m1/s1. The Morgan fingerprint density at radius 1 is 1.18 bits per heavy atom. The van der Waals surface area contributed by atoms with Crippen LogP contribution in [0.25, 0.3) is 21.1 Å². The van der Waals surface area contributed by atoms with Gasteiger partial charge in [0.25, 0.3) is 5.91 Å². The molecule has 1 saturated heterocycles. The monoisotopic (exact) mass is 462 g/mol. The van der Waals surface area contributed by atoms with Gasteiger partial charge in [-0.05, 0) is 48.1 Å². The number of pyridine rings is 1. The molecule has 0 bridgehead atoms. The van der Waals surface area contributed by atoms with E-state index in [1.807, 2.05) is 22.5 Å². The minimum atomic E-state index is -0.576. The summed E-state index contributed by atoms with van der Waals surface area (Å²) in [5.41, 5.74) is 12.1. The highest BCUT2D eigenvalue weighted by molar-refractivity contribution is 7.16. The van der Waals surface area contributed by atoms with Gasteiger partial charge in [0.15, 0.2) is 0 Å². The number of thiazole rings is 1. The Balaban J connectivity index is 1.43. The number of amides is 1. The zero-order valence-corrected chi connectivity index (χ0v) is 19.0. The molecule has 4 heterocycles. The second-order valence-electron chi connectivity index (χ2n) is 9.03. The number of nitrogens with two attached hydrogens (primary N) is 1. The lowest BCUT2D eigenvalue weighted by Gasteiger charge is -2.39. The van der Waals surface area contributed by atoms with E-state index in [1.165, 1.54) is 6.07 Å². The van der Waals surface area contributed by atoms with E-state index in [1.54, 1.807) is 17.4 Å². The largest absolute Gasteiger partial charge is 0.383 e. The number of likely N-dealkylation sites (tertiary alicyclic amines) is 1. The van der Waals surface area contributed by atoms with Gasteiger partial charge in [-0.2, -0.15) is 0 Å². The predicted molar refractivity (Wildman–Crippen MR) is 126 cm³/mol. The number of halogens is 1. The van der Waals surface area contributed by atoms with E-state index >= 15 is 4.39 Å². The van der Waals surface area contributed by atoms with Crippen molar-refractivity contribution >= 4 is 44.2 Å². The second kappa shape index (κ2) is 7.74. The van der Waals surface area contributed by atoms with Gasteiger partial charge in [0, 0.05) is 23.6 Å².